The topological polar surface area (TPSA) is 97.1 Å². The second kappa shape index (κ2) is 7.41. The van der Waals surface area contributed by atoms with E-state index in [9.17, 15) is 9.59 Å². The largest absolute Gasteiger partial charge is 0.449 e. The summed E-state index contributed by atoms with van der Waals surface area (Å²) in [6.07, 6.45) is 0. The summed E-state index contributed by atoms with van der Waals surface area (Å²) in [6, 6.07) is 13.8. The van der Waals surface area contributed by atoms with Crippen molar-refractivity contribution < 1.29 is 14.0 Å². The predicted molar refractivity (Wildman–Crippen MR) is 108 cm³/mol. The van der Waals surface area contributed by atoms with E-state index in [1.807, 2.05) is 0 Å². The number of hydrogen-bond acceptors (Lipinski definition) is 6. The number of para-hydroxylation sites is 1. The Labute approximate surface area is 168 Å². The van der Waals surface area contributed by atoms with Crippen LogP contribution in [0.15, 0.2) is 52.9 Å². The van der Waals surface area contributed by atoms with Crippen LogP contribution in [0, 0.1) is 6.92 Å². The zero-order chi connectivity index (χ0) is 19.7. The van der Waals surface area contributed by atoms with Crippen molar-refractivity contribution in [2.75, 3.05) is 10.6 Å². The zero-order valence-electron chi connectivity index (χ0n) is 14.5. The van der Waals surface area contributed by atoms with Crippen LogP contribution in [0.4, 0.5) is 11.4 Å². The van der Waals surface area contributed by atoms with Crippen LogP contribution < -0.4 is 10.6 Å². The number of hydrogen-bond donors (Lipinski definition) is 2. The molecule has 0 unspecified atom stereocenters. The van der Waals surface area contributed by atoms with Gasteiger partial charge < -0.3 is 15.1 Å². The Kier molecular flexibility index (Phi) is 4.81. The van der Waals surface area contributed by atoms with Gasteiger partial charge in [-0.05, 0) is 48.8 Å². The van der Waals surface area contributed by atoms with Crippen LogP contribution in [0.5, 0.6) is 0 Å². The van der Waals surface area contributed by atoms with Crippen molar-refractivity contribution in [1.82, 2.24) is 9.59 Å². The Bertz CT molecular complexity index is 1200. The van der Waals surface area contributed by atoms with Crippen LogP contribution in [0.1, 0.15) is 25.9 Å². The quantitative estimate of drug-likeness (QED) is 0.504. The molecule has 2 aromatic heterocycles. The normalized spacial score (nSPS) is 10.8. The molecule has 28 heavy (non-hydrogen) atoms. The molecule has 0 saturated carbocycles. The molecule has 9 heteroatoms. The van der Waals surface area contributed by atoms with Crippen molar-refractivity contribution in [2.24, 2.45) is 0 Å². The van der Waals surface area contributed by atoms with E-state index in [0.29, 0.717) is 32.3 Å². The lowest BCUT2D eigenvalue weighted by Crippen LogP contribution is -2.17. The van der Waals surface area contributed by atoms with Gasteiger partial charge in [0.25, 0.3) is 11.8 Å². The van der Waals surface area contributed by atoms with Crippen molar-refractivity contribution in [2.45, 2.75) is 6.92 Å². The Morgan fingerprint density at radius 1 is 1.07 bits per heavy atom. The maximum Gasteiger partial charge on any atom is 0.293 e. The van der Waals surface area contributed by atoms with E-state index in [-0.39, 0.29) is 11.4 Å². The molecule has 0 atom stereocenters. The van der Waals surface area contributed by atoms with Crippen LogP contribution >= 0.6 is 23.1 Å². The van der Waals surface area contributed by atoms with Crippen molar-refractivity contribution in [3.63, 3.8) is 0 Å². The number of amides is 2. The summed E-state index contributed by atoms with van der Waals surface area (Å²) in [4.78, 5) is 25.8. The fraction of sp³-hybridized carbons (Fsp3) is 0.0526. The van der Waals surface area contributed by atoms with E-state index in [2.05, 4.69) is 20.2 Å². The van der Waals surface area contributed by atoms with Gasteiger partial charge in [-0.2, -0.15) is 0 Å². The first kappa shape index (κ1) is 18.1. The average molecular weight is 413 g/mol. The number of carbonyl (C=O) groups excluding carboxylic acids is 2. The summed E-state index contributed by atoms with van der Waals surface area (Å²) >= 11 is 6.95. The number of fused-ring (bicyclic) bond motifs is 1. The number of anilines is 2. The summed E-state index contributed by atoms with van der Waals surface area (Å²) in [6.45, 7) is 1.69. The highest BCUT2D eigenvalue weighted by Gasteiger charge is 2.24. The van der Waals surface area contributed by atoms with E-state index in [0.717, 1.165) is 11.5 Å². The number of nitrogens with one attached hydrogen (secondary N) is 2. The highest BCUT2D eigenvalue weighted by Crippen LogP contribution is 2.32. The third-order valence-corrected chi connectivity index (χ3v) is 5.04. The van der Waals surface area contributed by atoms with Crippen molar-refractivity contribution in [1.29, 1.82) is 0 Å². The number of aromatic nitrogens is 2. The molecule has 0 bridgehead atoms. The second-order valence-electron chi connectivity index (χ2n) is 5.91. The van der Waals surface area contributed by atoms with E-state index < -0.39 is 11.8 Å². The molecule has 140 valence electrons. The molecule has 4 aromatic rings. The smallest absolute Gasteiger partial charge is 0.293 e. The average Bonchev–Trinajstić information content (AvgIpc) is 3.26. The molecular weight excluding hydrogens is 400 g/mol. The van der Waals surface area contributed by atoms with Crippen LogP contribution in [0.3, 0.4) is 0 Å². The number of carbonyl (C=O) groups is 2. The Morgan fingerprint density at radius 2 is 1.89 bits per heavy atom. The first-order chi connectivity index (χ1) is 13.5. The van der Waals surface area contributed by atoms with Gasteiger partial charge in [0.15, 0.2) is 0 Å². The Hall–Kier alpha value is -3.23. The van der Waals surface area contributed by atoms with Crippen molar-refractivity contribution in [3.05, 3.63) is 69.9 Å². The molecule has 0 aliphatic carbocycles. The maximum absolute atomic E-state index is 12.8. The molecule has 0 aliphatic heterocycles. The minimum absolute atomic E-state index is 0.00958. The predicted octanol–water partition coefficient (Wildman–Crippen LogP) is 4.75. The first-order valence-electron chi connectivity index (χ1n) is 8.21. The lowest BCUT2D eigenvalue weighted by atomic mass is 10.2. The lowest BCUT2D eigenvalue weighted by molar-refractivity contribution is 0.1000. The minimum atomic E-state index is -0.507. The molecule has 2 aromatic carbocycles. The fourth-order valence-corrected chi connectivity index (χ4v) is 3.44. The molecule has 0 spiro atoms. The van der Waals surface area contributed by atoms with E-state index >= 15 is 0 Å². The van der Waals surface area contributed by atoms with Gasteiger partial charge in [0.05, 0.1) is 5.69 Å². The van der Waals surface area contributed by atoms with Gasteiger partial charge in [-0.1, -0.05) is 34.3 Å². The number of furan rings is 1. The molecule has 4 rings (SSSR count). The number of nitrogens with zero attached hydrogens (tertiary/aromatic N) is 2. The van der Waals surface area contributed by atoms with Crippen molar-refractivity contribution >= 4 is 57.3 Å². The molecule has 0 saturated heterocycles. The third-order valence-electron chi connectivity index (χ3n) is 3.98. The monoisotopic (exact) mass is 412 g/mol. The standard InChI is InChI=1S/C19H13ClN4O3S/c1-10-17(28-24-23-10)19(26)22-15-13-7-2-3-8-14(13)27-16(15)18(25)21-12-6-4-5-11(20)9-12/h2-9H,1H3,(H,21,25)(H,22,26). The molecular formula is C19H13ClN4O3S. The van der Waals surface area contributed by atoms with Crippen LogP contribution in [-0.4, -0.2) is 21.4 Å². The molecule has 0 radical (unpaired) electrons. The summed E-state index contributed by atoms with van der Waals surface area (Å²) in [5.74, 6) is -0.923. The van der Waals surface area contributed by atoms with Crippen LogP contribution in [0.2, 0.25) is 5.02 Å². The Balaban J connectivity index is 1.71. The van der Waals surface area contributed by atoms with E-state index in [4.69, 9.17) is 16.0 Å². The van der Waals surface area contributed by atoms with Crippen LogP contribution in [-0.2, 0) is 0 Å². The van der Waals surface area contributed by atoms with Gasteiger partial charge in [-0.15, -0.1) is 5.10 Å². The highest BCUT2D eigenvalue weighted by atomic mass is 35.5. The van der Waals surface area contributed by atoms with Gasteiger partial charge in [-0.3, -0.25) is 9.59 Å². The van der Waals surface area contributed by atoms with Gasteiger partial charge in [0.2, 0.25) is 5.76 Å². The van der Waals surface area contributed by atoms with Gasteiger partial charge >= 0.3 is 0 Å². The van der Waals surface area contributed by atoms with Gasteiger partial charge in [-0.25, -0.2) is 0 Å². The summed E-state index contributed by atoms with van der Waals surface area (Å²) in [7, 11) is 0. The Morgan fingerprint density at radius 3 is 2.64 bits per heavy atom. The third kappa shape index (κ3) is 3.47. The summed E-state index contributed by atoms with van der Waals surface area (Å²) in [5, 5.41) is 10.4. The molecule has 0 fully saturated rings. The molecule has 7 nitrogen and oxygen atoms in total. The minimum Gasteiger partial charge on any atom is -0.449 e. The highest BCUT2D eigenvalue weighted by molar-refractivity contribution is 7.08. The summed E-state index contributed by atoms with van der Waals surface area (Å²) < 4.78 is 9.50. The fourth-order valence-electron chi connectivity index (χ4n) is 2.69. The number of halogens is 1. The first-order valence-corrected chi connectivity index (χ1v) is 9.37. The number of benzene rings is 2. The summed E-state index contributed by atoms with van der Waals surface area (Å²) in [5.41, 5.74) is 1.79. The van der Waals surface area contributed by atoms with Gasteiger partial charge in [0, 0.05) is 16.1 Å². The van der Waals surface area contributed by atoms with Crippen molar-refractivity contribution in [3.8, 4) is 0 Å². The van der Waals surface area contributed by atoms with Gasteiger partial charge in [0.1, 0.15) is 16.1 Å². The molecule has 0 aliphatic rings. The molecule has 2 amide bonds. The second-order valence-corrected chi connectivity index (χ2v) is 7.10. The van der Waals surface area contributed by atoms with E-state index in [1.165, 1.54) is 0 Å². The molecule has 2 N–H and O–H groups in total. The van der Waals surface area contributed by atoms with Crippen LogP contribution in [0.25, 0.3) is 11.0 Å². The maximum atomic E-state index is 12.8. The van der Waals surface area contributed by atoms with E-state index in [1.54, 1.807) is 55.5 Å². The zero-order valence-corrected chi connectivity index (χ0v) is 16.1. The number of aryl methyl sites for hydroxylation is 1. The lowest BCUT2D eigenvalue weighted by Gasteiger charge is -2.07. The SMILES string of the molecule is Cc1nnsc1C(=O)Nc1c(C(=O)Nc2cccc(Cl)c2)oc2ccccc12. The molecule has 2 heterocycles. The number of rotatable bonds is 4.